The first-order chi connectivity index (χ1) is 13.7. The van der Waals surface area contributed by atoms with Crippen LogP contribution in [0.15, 0.2) is 78.9 Å². The largest absolute Gasteiger partial charge is 0.492 e. The molecule has 144 valence electrons. The van der Waals surface area contributed by atoms with E-state index in [4.69, 9.17) is 16.3 Å². The molecule has 0 aliphatic heterocycles. The van der Waals surface area contributed by atoms with E-state index >= 15 is 0 Å². The number of nitrogens with one attached hydrogen (secondary N) is 1. The van der Waals surface area contributed by atoms with E-state index < -0.39 is 6.04 Å². The fraction of sp³-hybridized carbons (Fsp3) is 0.174. The molecule has 3 N–H and O–H groups in total. The highest BCUT2D eigenvalue weighted by atomic mass is 35.5. The van der Waals surface area contributed by atoms with Crippen molar-refractivity contribution in [3.8, 4) is 5.75 Å². The van der Waals surface area contributed by atoms with Crippen LogP contribution in [-0.2, 0) is 11.3 Å². The molecule has 0 radical (unpaired) electrons. The Morgan fingerprint density at radius 1 is 1.04 bits per heavy atom. The molecule has 3 rings (SSSR count). The van der Waals surface area contributed by atoms with Crippen LogP contribution in [0.25, 0.3) is 0 Å². The standard InChI is InChI=1S/C23H23ClN2O2/c1-2-28-21-14-7-6-13-20(21)26-23(27)22(18-10-4-3-5-11-18)25-16-17-9-8-12-19(24)15-17/h3-15,22,25H,2,16H2,1H3,(H,26,27)/p+1/t22-/m1/s1. The molecule has 3 aromatic rings. The highest BCUT2D eigenvalue weighted by molar-refractivity contribution is 6.30. The molecule has 1 amide bonds. The Bertz CT molecular complexity index is 915. The lowest BCUT2D eigenvalue weighted by atomic mass is 10.1. The number of para-hydroxylation sites is 2. The van der Waals surface area contributed by atoms with Gasteiger partial charge in [-0.2, -0.15) is 0 Å². The number of halogens is 1. The lowest BCUT2D eigenvalue weighted by Gasteiger charge is -2.17. The maximum absolute atomic E-state index is 13.1. The lowest BCUT2D eigenvalue weighted by molar-refractivity contribution is -0.697. The second kappa shape index (κ2) is 9.93. The molecule has 3 aromatic carbocycles. The molecule has 0 bridgehead atoms. The van der Waals surface area contributed by atoms with Gasteiger partial charge in [-0.3, -0.25) is 4.79 Å². The van der Waals surface area contributed by atoms with Gasteiger partial charge >= 0.3 is 0 Å². The lowest BCUT2D eigenvalue weighted by Crippen LogP contribution is -2.85. The van der Waals surface area contributed by atoms with Gasteiger partial charge in [0.05, 0.1) is 12.3 Å². The second-order valence-electron chi connectivity index (χ2n) is 6.38. The van der Waals surface area contributed by atoms with Crippen LogP contribution in [0.4, 0.5) is 5.69 Å². The molecule has 0 saturated heterocycles. The molecule has 1 atom stereocenters. The summed E-state index contributed by atoms with van der Waals surface area (Å²) in [6, 6.07) is 24.5. The van der Waals surface area contributed by atoms with Crippen molar-refractivity contribution in [1.29, 1.82) is 0 Å². The second-order valence-corrected chi connectivity index (χ2v) is 6.81. The van der Waals surface area contributed by atoms with Crippen LogP contribution in [0.3, 0.4) is 0 Å². The number of hydrogen-bond acceptors (Lipinski definition) is 2. The molecule has 0 spiro atoms. The normalized spacial score (nSPS) is 11.6. The summed E-state index contributed by atoms with van der Waals surface area (Å²) in [6.07, 6.45) is 0. The molecule has 0 aliphatic carbocycles. The van der Waals surface area contributed by atoms with E-state index in [0.717, 1.165) is 11.1 Å². The number of carbonyl (C=O) groups excluding carboxylic acids is 1. The predicted octanol–water partition coefficient (Wildman–Crippen LogP) is 4.18. The zero-order valence-electron chi connectivity index (χ0n) is 15.8. The van der Waals surface area contributed by atoms with Crippen molar-refractivity contribution in [3.63, 3.8) is 0 Å². The Morgan fingerprint density at radius 3 is 2.54 bits per heavy atom. The maximum Gasteiger partial charge on any atom is 0.287 e. The first kappa shape index (κ1) is 19.9. The number of amides is 1. The molecular weight excluding hydrogens is 372 g/mol. The Hall–Kier alpha value is -2.82. The average molecular weight is 396 g/mol. The number of nitrogens with two attached hydrogens (primary N) is 1. The maximum atomic E-state index is 13.1. The van der Waals surface area contributed by atoms with Crippen molar-refractivity contribution in [2.45, 2.75) is 19.5 Å². The molecule has 5 heteroatoms. The predicted molar refractivity (Wildman–Crippen MR) is 113 cm³/mol. The Labute approximate surface area is 170 Å². The summed E-state index contributed by atoms with van der Waals surface area (Å²) in [5, 5.41) is 5.73. The molecule has 0 aromatic heterocycles. The van der Waals surface area contributed by atoms with Gasteiger partial charge in [0, 0.05) is 16.1 Å². The van der Waals surface area contributed by atoms with Crippen molar-refractivity contribution in [2.75, 3.05) is 11.9 Å². The summed E-state index contributed by atoms with van der Waals surface area (Å²) in [4.78, 5) is 13.1. The quantitative estimate of drug-likeness (QED) is 0.601. The summed E-state index contributed by atoms with van der Waals surface area (Å²) in [7, 11) is 0. The number of quaternary nitrogens is 1. The average Bonchev–Trinajstić information content (AvgIpc) is 2.71. The smallest absolute Gasteiger partial charge is 0.287 e. The van der Waals surface area contributed by atoms with Crippen LogP contribution in [0, 0.1) is 0 Å². The van der Waals surface area contributed by atoms with Crippen LogP contribution >= 0.6 is 11.6 Å². The molecule has 0 unspecified atom stereocenters. The van der Waals surface area contributed by atoms with Gasteiger partial charge in [-0.25, -0.2) is 0 Å². The monoisotopic (exact) mass is 395 g/mol. The highest BCUT2D eigenvalue weighted by Crippen LogP contribution is 2.24. The molecule has 0 saturated carbocycles. The fourth-order valence-corrected chi connectivity index (χ4v) is 3.25. The van der Waals surface area contributed by atoms with Gasteiger partial charge in [-0.05, 0) is 31.2 Å². The van der Waals surface area contributed by atoms with Crippen molar-refractivity contribution in [2.24, 2.45) is 0 Å². The summed E-state index contributed by atoms with van der Waals surface area (Å²) in [5.41, 5.74) is 2.68. The van der Waals surface area contributed by atoms with Crippen LogP contribution in [-0.4, -0.2) is 12.5 Å². The minimum Gasteiger partial charge on any atom is -0.492 e. The summed E-state index contributed by atoms with van der Waals surface area (Å²) < 4.78 is 5.63. The summed E-state index contributed by atoms with van der Waals surface area (Å²) in [6.45, 7) is 3.10. The first-order valence-electron chi connectivity index (χ1n) is 9.32. The van der Waals surface area contributed by atoms with Crippen LogP contribution < -0.4 is 15.4 Å². The van der Waals surface area contributed by atoms with Crippen LogP contribution in [0.5, 0.6) is 5.75 Å². The Morgan fingerprint density at radius 2 is 1.79 bits per heavy atom. The van der Waals surface area contributed by atoms with Crippen LogP contribution in [0.2, 0.25) is 5.02 Å². The van der Waals surface area contributed by atoms with E-state index in [-0.39, 0.29) is 5.91 Å². The van der Waals surface area contributed by atoms with E-state index in [1.807, 2.05) is 91.1 Å². The fourth-order valence-electron chi connectivity index (χ4n) is 3.03. The number of anilines is 1. The SMILES string of the molecule is CCOc1ccccc1NC(=O)[C@H]([NH2+]Cc1cccc(Cl)c1)c1ccccc1. The number of ether oxygens (including phenoxy) is 1. The number of benzene rings is 3. The molecule has 28 heavy (non-hydrogen) atoms. The minimum atomic E-state index is -0.394. The molecule has 4 nitrogen and oxygen atoms in total. The third kappa shape index (κ3) is 5.35. The number of hydrogen-bond donors (Lipinski definition) is 2. The third-order valence-corrected chi connectivity index (χ3v) is 4.60. The van der Waals surface area contributed by atoms with E-state index in [1.165, 1.54) is 0 Å². The van der Waals surface area contributed by atoms with Crippen molar-refractivity contribution in [1.82, 2.24) is 0 Å². The topological polar surface area (TPSA) is 54.9 Å². The first-order valence-corrected chi connectivity index (χ1v) is 9.70. The van der Waals surface area contributed by atoms with Crippen molar-refractivity contribution >= 4 is 23.2 Å². The van der Waals surface area contributed by atoms with Gasteiger partial charge in [0.2, 0.25) is 0 Å². The molecule has 0 aliphatic rings. The number of rotatable bonds is 8. The van der Waals surface area contributed by atoms with Gasteiger partial charge in [0.15, 0.2) is 6.04 Å². The summed E-state index contributed by atoms with van der Waals surface area (Å²) in [5.74, 6) is 0.570. The zero-order chi connectivity index (χ0) is 19.8. The van der Waals surface area contributed by atoms with E-state index in [1.54, 1.807) is 0 Å². The van der Waals surface area contributed by atoms with Gasteiger partial charge < -0.3 is 15.4 Å². The minimum absolute atomic E-state index is 0.0969. The number of carbonyl (C=O) groups is 1. The summed E-state index contributed by atoms with van der Waals surface area (Å²) >= 11 is 6.09. The molecule has 0 heterocycles. The van der Waals surface area contributed by atoms with E-state index in [2.05, 4.69) is 5.32 Å². The highest BCUT2D eigenvalue weighted by Gasteiger charge is 2.25. The van der Waals surface area contributed by atoms with E-state index in [0.29, 0.717) is 29.6 Å². The van der Waals surface area contributed by atoms with Crippen LogP contribution in [0.1, 0.15) is 24.1 Å². The van der Waals surface area contributed by atoms with Gasteiger partial charge in [0.25, 0.3) is 5.91 Å². The van der Waals surface area contributed by atoms with Gasteiger partial charge in [0.1, 0.15) is 12.3 Å². The van der Waals surface area contributed by atoms with Gasteiger partial charge in [-0.15, -0.1) is 0 Å². The third-order valence-electron chi connectivity index (χ3n) is 4.36. The Balaban J connectivity index is 1.79. The van der Waals surface area contributed by atoms with Gasteiger partial charge in [-0.1, -0.05) is 66.2 Å². The zero-order valence-corrected chi connectivity index (χ0v) is 16.5. The van der Waals surface area contributed by atoms with E-state index in [9.17, 15) is 4.79 Å². The van der Waals surface area contributed by atoms with Crippen molar-refractivity contribution < 1.29 is 14.8 Å². The van der Waals surface area contributed by atoms with Crippen molar-refractivity contribution in [3.05, 3.63) is 95.0 Å². The molecular formula is C23H24ClN2O2+. The Kier molecular flexibility index (Phi) is 7.06. The molecule has 0 fully saturated rings.